The fourth-order valence-electron chi connectivity index (χ4n) is 2.87. The average molecular weight is 390 g/mol. The van der Waals surface area contributed by atoms with Gasteiger partial charge in [0, 0.05) is 18.7 Å². The highest BCUT2D eigenvalue weighted by atomic mass is 16.5. The molecule has 0 aliphatic carbocycles. The first-order chi connectivity index (χ1) is 13.4. The number of esters is 2. The Morgan fingerprint density at radius 2 is 1.71 bits per heavy atom. The van der Waals surface area contributed by atoms with Gasteiger partial charge < -0.3 is 19.7 Å². The molecule has 2 amide bonds. The van der Waals surface area contributed by atoms with Crippen LogP contribution in [0, 0.1) is 12.8 Å². The van der Waals surface area contributed by atoms with Crippen molar-refractivity contribution in [3.63, 3.8) is 0 Å². The lowest BCUT2D eigenvalue weighted by atomic mass is 9.97. The minimum atomic E-state index is -0.685. The number of nitrogens with zero attached hydrogens (tertiary/aromatic N) is 1. The molecule has 8 heteroatoms. The second kappa shape index (κ2) is 10.4. The summed E-state index contributed by atoms with van der Waals surface area (Å²) in [4.78, 5) is 49.1. The lowest BCUT2D eigenvalue weighted by Gasteiger charge is -2.30. The zero-order chi connectivity index (χ0) is 20.5. The number of ether oxygens (including phenoxy) is 2. The predicted octanol–water partition coefficient (Wildman–Crippen LogP) is 1.07. The molecule has 1 aromatic carbocycles. The van der Waals surface area contributed by atoms with Crippen LogP contribution in [0.15, 0.2) is 24.3 Å². The third-order valence-corrected chi connectivity index (χ3v) is 4.53. The van der Waals surface area contributed by atoms with E-state index in [1.807, 2.05) is 6.92 Å². The number of piperidine rings is 1. The largest absolute Gasteiger partial charge is 0.466 e. The molecule has 8 nitrogen and oxygen atoms in total. The lowest BCUT2D eigenvalue weighted by molar-refractivity contribution is -0.154. The summed E-state index contributed by atoms with van der Waals surface area (Å²) in [7, 11) is 0. The summed E-state index contributed by atoms with van der Waals surface area (Å²) in [5, 5.41) is 2.46. The Labute approximate surface area is 164 Å². The second-order valence-corrected chi connectivity index (χ2v) is 6.62. The Kier molecular flexibility index (Phi) is 7.98. The third kappa shape index (κ3) is 6.37. The molecule has 2 rings (SSSR count). The molecule has 1 fully saturated rings. The fourth-order valence-corrected chi connectivity index (χ4v) is 2.87. The topological polar surface area (TPSA) is 102 Å². The summed E-state index contributed by atoms with van der Waals surface area (Å²) < 4.78 is 9.93. The van der Waals surface area contributed by atoms with Crippen molar-refractivity contribution in [2.24, 2.45) is 5.92 Å². The number of carbonyl (C=O) groups is 4. The zero-order valence-electron chi connectivity index (χ0n) is 16.2. The van der Waals surface area contributed by atoms with Crippen LogP contribution >= 0.6 is 0 Å². The molecule has 0 saturated carbocycles. The monoisotopic (exact) mass is 390 g/mol. The predicted molar refractivity (Wildman–Crippen MR) is 100 cm³/mol. The molecular weight excluding hydrogens is 364 g/mol. The van der Waals surface area contributed by atoms with Crippen LogP contribution in [-0.4, -0.2) is 61.5 Å². The maximum atomic E-state index is 12.1. The van der Waals surface area contributed by atoms with Gasteiger partial charge in [0.25, 0.3) is 11.8 Å². The Morgan fingerprint density at radius 3 is 2.32 bits per heavy atom. The molecule has 28 heavy (non-hydrogen) atoms. The van der Waals surface area contributed by atoms with Crippen LogP contribution in [-0.2, 0) is 23.9 Å². The van der Waals surface area contributed by atoms with Crippen molar-refractivity contribution < 1.29 is 28.7 Å². The summed E-state index contributed by atoms with van der Waals surface area (Å²) in [5.74, 6) is -1.81. The Hall–Kier alpha value is -2.90. The van der Waals surface area contributed by atoms with E-state index in [9.17, 15) is 19.2 Å². The van der Waals surface area contributed by atoms with Gasteiger partial charge >= 0.3 is 11.9 Å². The number of benzene rings is 1. The van der Waals surface area contributed by atoms with E-state index in [2.05, 4.69) is 5.32 Å². The Morgan fingerprint density at radius 1 is 1.07 bits per heavy atom. The molecule has 152 valence electrons. The lowest BCUT2D eigenvalue weighted by Crippen LogP contribution is -2.43. The van der Waals surface area contributed by atoms with Gasteiger partial charge in [0.1, 0.15) is 6.54 Å². The highest BCUT2D eigenvalue weighted by Crippen LogP contribution is 2.18. The van der Waals surface area contributed by atoms with Gasteiger partial charge in [-0.2, -0.15) is 0 Å². The number of likely N-dealkylation sites (tertiary alicyclic amines) is 1. The van der Waals surface area contributed by atoms with Crippen molar-refractivity contribution in [2.45, 2.75) is 26.7 Å². The van der Waals surface area contributed by atoms with E-state index in [0.717, 1.165) is 5.56 Å². The molecule has 0 unspecified atom stereocenters. The quantitative estimate of drug-likeness (QED) is 0.699. The fraction of sp³-hybridized carbons (Fsp3) is 0.500. The molecule has 1 aliphatic heterocycles. The minimum absolute atomic E-state index is 0.191. The van der Waals surface area contributed by atoms with Gasteiger partial charge in [-0.05, 0) is 38.8 Å². The number of hydrogen-bond donors (Lipinski definition) is 1. The molecule has 0 bridgehead atoms. The van der Waals surface area contributed by atoms with Crippen molar-refractivity contribution >= 4 is 23.8 Å². The molecule has 0 spiro atoms. The number of rotatable bonds is 7. The van der Waals surface area contributed by atoms with Crippen LogP contribution in [0.4, 0.5) is 0 Å². The zero-order valence-corrected chi connectivity index (χ0v) is 16.2. The summed E-state index contributed by atoms with van der Waals surface area (Å²) >= 11 is 0. The minimum Gasteiger partial charge on any atom is -0.466 e. The Balaban J connectivity index is 1.67. The molecule has 1 aliphatic rings. The first-order valence-electron chi connectivity index (χ1n) is 9.35. The van der Waals surface area contributed by atoms with Crippen LogP contribution in [0.25, 0.3) is 0 Å². The van der Waals surface area contributed by atoms with Gasteiger partial charge in [-0.15, -0.1) is 0 Å². The van der Waals surface area contributed by atoms with Crippen LogP contribution < -0.4 is 5.32 Å². The molecule has 1 aromatic rings. The Bertz CT molecular complexity index is 708. The van der Waals surface area contributed by atoms with Crippen molar-refractivity contribution in [2.75, 3.05) is 32.8 Å². The summed E-state index contributed by atoms with van der Waals surface area (Å²) in [6.07, 6.45) is 1.07. The van der Waals surface area contributed by atoms with Gasteiger partial charge in [-0.25, -0.2) is 0 Å². The van der Waals surface area contributed by atoms with Gasteiger partial charge in [-0.1, -0.05) is 17.7 Å². The van der Waals surface area contributed by atoms with Crippen LogP contribution in [0.5, 0.6) is 0 Å². The summed E-state index contributed by atoms with van der Waals surface area (Å²) in [6.45, 7) is 4.15. The molecular formula is C20H26N2O6. The van der Waals surface area contributed by atoms with E-state index in [0.29, 0.717) is 38.1 Å². The SMILES string of the molecule is CCOC(=O)C1CCN(C(=O)COC(=O)CNC(=O)c2ccc(C)cc2)CC1. The first kappa shape index (κ1) is 21.4. The maximum Gasteiger partial charge on any atom is 0.325 e. The highest BCUT2D eigenvalue weighted by Gasteiger charge is 2.28. The van der Waals surface area contributed by atoms with E-state index in [1.54, 1.807) is 36.1 Å². The number of carbonyl (C=O) groups excluding carboxylic acids is 4. The highest BCUT2D eigenvalue weighted by molar-refractivity contribution is 5.96. The molecule has 0 radical (unpaired) electrons. The van der Waals surface area contributed by atoms with Gasteiger partial charge in [0.05, 0.1) is 12.5 Å². The standard InChI is InChI=1S/C20H26N2O6/c1-3-27-20(26)16-8-10-22(11-9-16)17(23)13-28-18(24)12-21-19(25)15-6-4-14(2)5-7-15/h4-7,16H,3,8-13H2,1-2H3,(H,21,25). The van der Waals surface area contributed by atoms with Crippen molar-refractivity contribution in [1.82, 2.24) is 10.2 Å². The number of nitrogens with one attached hydrogen (secondary N) is 1. The van der Waals surface area contributed by atoms with Gasteiger partial charge in [0.15, 0.2) is 6.61 Å². The van der Waals surface area contributed by atoms with Crippen molar-refractivity contribution in [3.05, 3.63) is 35.4 Å². The van der Waals surface area contributed by atoms with Crippen molar-refractivity contribution in [1.29, 1.82) is 0 Å². The molecule has 0 aromatic heterocycles. The van der Waals surface area contributed by atoms with E-state index in [1.165, 1.54) is 0 Å². The summed E-state index contributed by atoms with van der Waals surface area (Å²) in [5.41, 5.74) is 1.47. The van der Waals surface area contributed by atoms with Crippen LogP contribution in [0.1, 0.15) is 35.7 Å². The van der Waals surface area contributed by atoms with E-state index in [4.69, 9.17) is 9.47 Å². The smallest absolute Gasteiger partial charge is 0.325 e. The normalized spacial score (nSPS) is 14.3. The first-order valence-corrected chi connectivity index (χ1v) is 9.35. The molecule has 1 saturated heterocycles. The van der Waals surface area contributed by atoms with Crippen LogP contribution in [0.2, 0.25) is 0 Å². The summed E-state index contributed by atoms with van der Waals surface area (Å²) in [6, 6.07) is 6.94. The molecule has 0 atom stereocenters. The van der Waals surface area contributed by atoms with Gasteiger partial charge in [-0.3, -0.25) is 19.2 Å². The van der Waals surface area contributed by atoms with E-state index >= 15 is 0 Å². The second-order valence-electron chi connectivity index (χ2n) is 6.62. The van der Waals surface area contributed by atoms with Crippen molar-refractivity contribution in [3.8, 4) is 0 Å². The van der Waals surface area contributed by atoms with E-state index < -0.39 is 5.97 Å². The molecule has 1 heterocycles. The van der Waals surface area contributed by atoms with E-state index in [-0.39, 0.29) is 36.9 Å². The number of amides is 2. The molecule has 1 N–H and O–H groups in total. The number of hydrogen-bond acceptors (Lipinski definition) is 6. The maximum absolute atomic E-state index is 12.1. The number of aryl methyl sites for hydroxylation is 1. The van der Waals surface area contributed by atoms with Crippen LogP contribution in [0.3, 0.4) is 0 Å². The third-order valence-electron chi connectivity index (χ3n) is 4.53. The average Bonchev–Trinajstić information content (AvgIpc) is 2.71. The van der Waals surface area contributed by atoms with Gasteiger partial charge in [0.2, 0.25) is 0 Å².